The Morgan fingerprint density at radius 2 is 0.978 bits per heavy atom. The van der Waals surface area contributed by atoms with Gasteiger partial charge >= 0.3 is 0 Å². The first-order valence-corrected chi connectivity index (χ1v) is 15.4. The molecule has 0 bridgehead atoms. The van der Waals surface area contributed by atoms with Crippen molar-refractivity contribution in [3.8, 4) is 33.9 Å². The van der Waals surface area contributed by atoms with Gasteiger partial charge in [-0.1, -0.05) is 121 Å². The van der Waals surface area contributed by atoms with E-state index in [-0.39, 0.29) is 5.28 Å². The van der Waals surface area contributed by atoms with Gasteiger partial charge in [0.15, 0.2) is 11.6 Å². The fraction of sp³-hybridized carbons (Fsp3) is 0.0250. The lowest BCUT2D eigenvalue weighted by molar-refractivity contribution is 0.752. The summed E-state index contributed by atoms with van der Waals surface area (Å²) in [5.41, 5.74) is 12.0. The molecule has 0 saturated carbocycles. The summed E-state index contributed by atoms with van der Waals surface area (Å²) in [5, 5.41) is 0.171. The molecule has 9 rings (SSSR count). The number of hydrogen-bond donors (Lipinski definition) is 0. The zero-order valence-electron chi connectivity index (χ0n) is 24.1. The number of para-hydroxylation sites is 3. The molecule has 5 heteroatoms. The summed E-state index contributed by atoms with van der Waals surface area (Å²) in [6, 6.07) is 53.5. The highest BCUT2D eigenvalue weighted by Gasteiger charge is 2.51. The largest absolute Gasteiger partial charge is 0.310 e. The second-order valence-electron chi connectivity index (χ2n) is 11.4. The topological polar surface area (TPSA) is 41.9 Å². The van der Waals surface area contributed by atoms with Crippen molar-refractivity contribution in [1.82, 2.24) is 15.0 Å². The Balaban J connectivity index is 1.34. The van der Waals surface area contributed by atoms with E-state index in [1.165, 1.54) is 33.4 Å². The summed E-state index contributed by atoms with van der Waals surface area (Å²) in [5.74, 6) is 1.10. The number of fused-ring (bicyclic) bond motifs is 9. The average Bonchev–Trinajstić information content (AvgIpc) is 3.39. The maximum absolute atomic E-state index is 6.52. The second kappa shape index (κ2) is 9.98. The molecule has 0 saturated heterocycles. The third-order valence-corrected chi connectivity index (χ3v) is 9.22. The van der Waals surface area contributed by atoms with Crippen LogP contribution in [0, 0.1) is 0 Å². The molecule has 0 atom stereocenters. The molecule has 0 fully saturated rings. The minimum Gasteiger partial charge on any atom is -0.310 e. The molecule has 0 N–H and O–H groups in total. The van der Waals surface area contributed by atoms with E-state index in [0.717, 1.165) is 28.2 Å². The lowest BCUT2D eigenvalue weighted by atomic mass is 9.64. The number of halogens is 1. The van der Waals surface area contributed by atoms with Crippen molar-refractivity contribution in [2.45, 2.75) is 5.41 Å². The molecule has 7 aromatic rings. The Hall–Kier alpha value is -5.58. The lowest BCUT2D eigenvalue weighted by Gasteiger charge is -2.45. The van der Waals surface area contributed by atoms with E-state index in [4.69, 9.17) is 16.6 Å². The Morgan fingerprint density at radius 3 is 1.67 bits per heavy atom. The minimum absolute atomic E-state index is 0.171. The normalized spacial score (nSPS) is 13.6. The molecule has 2 aliphatic rings. The number of nitrogens with zero attached hydrogens (tertiary/aromatic N) is 4. The molecule has 2 heterocycles. The van der Waals surface area contributed by atoms with E-state index in [1.54, 1.807) is 0 Å². The first kappa shape index (κ1) is 25.9. The van der Waals surface area contributed by atoms with Gasteiger partial charge in [-0.15, -0.1) is 0 Å². The van der Waals surface area contributed by atoms with Crippen LogP contribution in [0.4, 0.5) is 17.1 Å². The molecule has 1 aliphatic heterocycles. The highest BCUT2D eigenvalue weighted by molar-refractivity contribution is 6.28. The van der Waals surface area contributed by atoms with Gasteiger partial charge in [0, 0.05) is 16.8 Å². The first-order chi connectivity index (χ1) is 22.2. The Bertz CT molecular complexity index is 2200. The third kappa shape index (κ3) is 3.76. The van der Waals surface area contributed by atoms with Crippen molar-refractivity contribution >= 4 is 28.7 Å². The van der Waals surface area contributed by atoms with Crippen LogP contribution >= 0.6 is 11.6 Å². The second-order valence-corrected chi connectivity index (χ2v) is 11.7. The Labute approximate surface area is 266 Å². The van der Waals surface area contributed by atoms with Gasteiger partial charge in [0.2, 0.25) is 5.28 Å². The molecule has 0 amide bonds. The molecule has 0 unspecified atom stereocenters. The molecular weight excluding hydrogens is 572 g/mol. The van der Waals surface area contributed by atoms with E-state index in [9.17, 15) is 0 Å². The van der Waals surface area contributed by atoms with Crippen LogP contribution in [0.25, 0.3) is 33.9 Å². The van der Waals surface area contributed by atoms with Crippen LogP contribution < -0.4 is 4.90 Å². The average molecular weight is 597 g/mol. The summed E-state index contributed by atoms with van der Waals surface area (Å²) in [4.78, 5) is 16.4. The fourth-order valence-electron chi connectivity index (χ4n) is 7.30. The molecule has 212 valence electrons. The molecule has 4 nitrogen and oxygen atoms in total. The molecule has 1 aromatic heterocycles. The maximum Gasteiger partial charge on any atom is 0.226 e. The van der Waals surface area contributed by atoms with Gasteiger partial charge in [-0.3, -0.25) is 0 Å². The monoisotopic (exact) mass is 596 g/mol. The number of hydrogen-bond acceptors (Lipinski definition) is 4. The third-order valence-electron chi connectivity index (χ3n) is 9.06. The molecule has 1 aliphatic carbocycles. The summed E-state index contributed by atoms with van der Waals surface area (Å²) in [7, 11) is 0. The summed E-state index contributed by atoms with van der Waals surface area (Å²) in [6.07, 6.45) is 0. The molecule has 1 spiro atoms. The Morgan fingerprint density at radius 1 is 0.444 bits per heavy atom. The molecule has 0 radical (unpaired) electrons. The summed E-state index contributed by atoms with van der Waals surface area (Å²) >= 11 is 6.52. The van der Waals surface area contributed by atoms with Crippen LogP contribution in [0.3, 0.4) is 0 Å². The lowest BCUT2D eigenvalue weighted by Crippen LogP contribution is -2.36. The maximum atomic E-state index is 6.52. The molecule has 6 aromatic carbocycles. The van der Waals surface area contributed by atoms with E-state index in [2.05, 4.69) is 136 Å². The number of benzene rings is 6. The van der Waals surface area contributed by atoms with E-state index in [0.29, 0.717) is 11.6 Å². The fourth-order valence-corrected chi connectivity index (χ4v) is 7.46. The van der Waals surface area contributed by atoms with Crippen LogP contribution in [0.5, 0.6) is 0 Å². The predicted molar refractivity (Wildman–Crippen MR) is 181 cm³/mol. The van der Waals surface area contributed by atoms with Crippen LogP contribution in [-0.2, 0) is 5.41 Å². The Kier molecular flexibility index (Phi) is 5.74. The van der Waals surface area contributed by atoms with Crippen LogP contribution in [0.1, 0.15) is 22.3 Å². The number of aromatic nitrogens is 3. The van der Waals surface area contributed by atoms with Gasteiger partial charge in [-0.25, -0.2) is 4.98 Å². The SMILES string of the molecule is Clc1nc(-c2ccccc2)nc(-c2ccc3c(c2)C2(c4ccccc4-3)c3ccccc3N(c3ccccc3)c3ccccc32)n1. The van der Waals surface area contributed by atoms with Crippen molar-refractivity contribution in [3.63, 3.8) is 0 Å². The predicted octanol–water partition coefficient (Wildman–Crippen LogP) is 10.0. The van der Waals surface area contributed by atoms with Crippen LogP contribution in [-0.4, -0.2) is 15.0 Å². The molecular formula is C40H25ClN4. The van der Waals surface area contributed by atoms with Crippen molar-refractivity contribution in [2.24, 2.45) is 0 Å². The highest BCUT2D eigenvalue weighted by atomic mass is 35.5. The van der Waals surface area contributed by atoms with Gasteiger partial charge in [-0.05, 0) is 75.3 Å². The number of anilines is 3. The van der Waals surface area contributed by atoms with Gasteiger partial charge in [0.25, 0.3) is 0 Å². The quantitative estimate of drug-likeness (QED) is 0.203. The molecule has 45 heavy (non-hydrogen) atoms. The summed E-state index contributed by atoms with van der Waals surface area (Å²) < 4.78 is 0. The van der Waals surface area contributed by atoms with Crippen molar-refractivity contribution in [1.29, 1.82) is 0 Å². The van der Waals surface area contributed by atoms with Gasteiger partial charge in [0.1, 0.15) is 0 Å². The smallest absolute Gasteiger partial charge is 0.226 e. The first-order valence-electron chi connectivity index (χ1n) is 15.0. The van der Waals surface area contributed by atoms with Crippen LogP contribution in [0.15, 0.2) is 152 Å². The standard InChI is InChI=1S/C40H25ClN4/c41-39-43-37(26-13-3-1-4-14-26)42-38(44-39)27-23-24-30-29-17-7-8-18-31(29)40(34(30)25-27)32-19-9-11-21-35(32)45(28-15-5-2-6-16-28)36-22-12-10-20-33(36)40/h1-25H. The van der Waals surface area contributed by atoms with Crippen molar-refractivity contribution < 1.29 is 0 Å². The van der Waals surface area contributed by atoms with E-state index >= 15 is 0 Å². The van der Waals surface area contributed by atoms with Crippen LogP contribution in [0.2, 0.25) is 5.28 Å². The number of rotatable bonds is 3. The van der Waals surface area contributed by atoms with Gasteiger partial charge in [0.05, 0.1) is 16.8 Å². The van der Waals surface area contributed by atoms with Gasteiger partial charge < -0.3 is 4.90 Å². The van der Waals surface area contributed by atoms with Crippen molar-refractivity contribution in [3.05, 3.63) is 179 Å². The highest BCUT2D eigenvalue weighted by Crippen LogP contribution is 2.63. The zero-order valence-corrected chi connectivity index (χ0v) is 24.9. The van der Waals surface area contributed by atoms with Crippen molar-refractivity contribution in [2.75, 3.05) is 4.90 Å². The zero-order chi connectivity index (χ0) is 30.0. The van der Waals surface area contributed by atoms with E-state index in [1.807, 2.05) is 30.3 Å². The minimum atomic E-state index is -0.556. The van der Waals surface area contributed by atoms with Gasteiger partial charge in [-0.2, -0.15) is 9.97 Å². The summed E-state index contributed by atoms with van der Waals surface area (Å²) in [6.45, 7) is 0. The van der Waals surface area contributed by atoms with E-state index < -0.39 is 5.41 Å².